The van der Waals surface area contributed by atoms with E-state index in [2.05, 4.69) is 66.9 Å². The number of rotatable bonds is 2. The molecule has 0 spiro atoms. The maximum absolute atomic E-state index is 10.7. The van der Waals surface area contributed by atoms with Gasteiger partial charge in [0.25, 0.3) is 0 Å². The van der Waals surface area contributed by atoms with Gasteiger partial charge in [0.05, 0.1) is 10.9 Å². The van der Waals surface area contributed by atoms with Crippen molar-refractivity contribution in [1.82, 2.24) is 0 Å². The smallest absolute Gasteiger partial charge is 0.485 e. The summed E-state index contributed by atoms with van der Waals surface area (Å²) >= 11 is 0. The van der Waals surface area contributed by atoms with Gasteiger partial charge in [0.1, 0.15) is 6.26 Å². The Labute approximate surface area is 129 Å². The number of hydrogen-bond donors (Lipinski definition) is 0. The minimum absolute atomic E-state index is 0.203. The Hall–Kier alpha value is -1.51. The van der Waals surface area contributed by atoms with Crippen LogP contribution in [0.1, 0.15) is 0 Å². The third-order valence-electron chi connectivity index (χ3n) is 2.48. The fourth-order valence-electron chi connectivity index (χ4n) is 1.39. The zero-order valence-electron chi connectivity index (χ0n) is 11.4. The van der Waals surface area contributed by atoms with Crippen LogP contribution in [-0.2, 0) is 21.0 Å². The molecule has 0 aliphatic rings. The summed E-state index contributed by atoms with van der Waals surface area (Å²) in [7, 11) is -5.89. The van der Waals surface area contributed by atoms with Crippen LogP contribution in [0.15, 0.2) is 70.5 Å². The largest absolute Gasteiger partial charge is 0.741 e. The second-order valence-electron chi connectivity index (χ2n) is 4.04. The maximum Gasteiger partial charge on any atom is 0.485 e. The molecule has 0 radical (unpaired) electrons. The van der Waals surface area contributed by atoms with Crippen molar-refractivity contribution in [1.29, 1.82) is 0 Å². The first-order chi connectivity index (χ1) is 10.1. The Morgan fingerprint density at radius 2 is 1.14 bits per heavy atom. The Morgan fingerprint density at radius 1 is 0.864 bits per heavy atom. The van der Waals surface area contributed by atoms with E-state index in [0.717, 1.165) is 0 Å². The van der Waals surface area contributed by atoms with Gasteiger partial charge >= 0.3 is 5.51 Å². The van der Waals surface area contributed by atoms with Crippen LogP contribution < -0.4 is 0 Å². The minimum atomic E-state index is -6.09. The molecule has 120 valence electrons. The molecule has 0 bridgehead atoms. The molecule has 0 atom stereocenters. The summed E-state index contributed by atoms with van der Waals surface area (Å²) in [4.78, 5) is 2.80. The summed E-state index contributed by atoms with van der Waals surface area (Å²) < 4.78 is 58.9. The first-order valence-electron chi connectivity index (χ1n) is 5.91. The Bertz CT molecular complexity index is 632. The highest BCUT2D eigenvalue weighted by atomic mass is 32.2. The molecule has 2 aromatic rings. The molecule has 2 aromatic carbocycles. The van der Waals surface area contributed by atoms with Crippen molar-refractivity contribution in [2.24, 2.45) is 0 Å². The van der Waals surface area contributed by atoms with Gasteiger partial charge in [0.2, 0.25) is 0 Å². The summed E-state index contributed by atoms with van der Waals surface area (Å²) in [5.74, 6) is 0. The molecule has 0 aromatic heterocycles. The average molecular weight is 350 g/mol. The summed E-state index contributed by atoms with van der Waals surface area (Å²) in [6, 6.07) is 21.3. The maximum atomic E-state index is 10.7. The molecule has 8 heteroatoms. The second-order valence-corrected chi connectivity index (χ2v) is 7.37. The lowest BCUT2D eigenvalue weighted by molar-refractivity contribution is -0.0517. The molecule has 0 saturated heterocycles. The fraction of sp³-hybridized carbons (Fsp3) is 0.143. The molecular formula is C14H13F3O3S2. The number of halogens is 3. The standard InChI is InChI=1S/C13H13S.CHF3O3S/c1-14(12-8-4-2-5-9-12)13-10-6-3-7-11-13;2-1(3,4)8(5,6)7/h2-11H,1H3;(H,5,6,7)/q+1;/p-1. The quantitative estimate of drug-likeness (QED) is 0.474. The Morgan fingerprint density at radius 3 is 1.36 bits per heavy atom. The molecule has 0 aliphatic heterocycles. The van der Waals surface area contributed by atoms with Crippen LogP contribution in [-0.4, -0.2) is 24.7 Å². The summed E-state index contributed by atoms with van der Waals surface area (Å²) in [5.41, 5.74) is -5.65. The zero-order chi connectivity index (χ0) is 16.8. The van der Waals surface area contributed by atoms with E-state index in [1.165, 1.54) is 9.79 Å². The number of alkyl halides is 3. The van der Waals surface area contributed by atoms with Gasteiger partial charge in [-0.1, -0.05) is 36.4 Å². The molecule has 22 heavy (non-hydrogen) atoms. The molecule has 0 aliphatic carbocycles. The highest BCUT2D eigenvalue weighted by Crippen LogP contribution is 2.20. The van der Waals surface area contributed by atoms with Gasteiger partial charge in [-0.2, -0.15) is 13.2 Å². The van der Waals surface area contributed by atoms with Crippen LogP contribution >= 0.6 is 0 Å². The lowest BCUT2D eigenvalue weighted by Gasteiger charge is -2.08. The van der Waals surface area contributed by atoms with Crippen LogP contribution in [0.4, 0.5) is 13.2 Å². The lowest BCUT2D eigenvalue weighted by atomic mass is 10.4. The van der Waals surface area contributed by atoms with Crippen molar-refractivity contribution in [2.75, 3.05) is 6.26 Å². The van der Waals surface area contributed by atoms with E-state index in [1.807, 2.05) is 0 Å². The minimum Gasteiger partial charge on any atom is -0.741 e. The van der Waals surface area contributed by atoms with Crippen LogP contribution in [0.25, 0.3) is 0 Å². The highest BCUT2D eigenvalue weighted by molar-refractivity contribution is 7.96. The Kier molecular flexibility index (Phi) is 6.46. The molecule has 2 rings (SSSR count). The van der Waals surface area contributed by atoms with E-state index in [4.69, 9.17) is 13.0 Å². The average Bonchev–Trinajstić information content (AvgIpc) is 2.47. The topological polar surface area (TPSA) is 57.2 Å². The fourth-order valence-corrected chi connectivity index (χ4v) is 2.79. The summed E-state index contributed by atoms with van der Waals surface area (Å²) in [6.45, 7) is 0. The van der Waals surface area contributed by atoms with E-state index in [1.54, 1.807) is 0 Å². The van der Waals surface area contributed by atoms with Gasteiger partial charge in [0.15, 0.2) is 19.9 Å². The van der Waals surface area contributed by atoms with E-state index in [-0.39, 0.29) is 10.9 Å². The molecule has 3 nitrogen and oxygen atoms in total. The zero-order valence-corrected chi connectivity index (χ0v) is 13.1. The van der Waals surface area contributed by atoms with E-state index in [9.17, 15) is 13.2 Å². The third kappa shape index (κ3) is 5.70. The van der Waals surface area contributed by atoms with E-state index < -0.39 is 15.6 Å². The van der Waals surface area contributed by atoms with Crippen molar-refractivity contribution < 1.29 is 26.1 Å². The first kappa shape index (κ1) is 18.5. The van der Waals surface area contributed by atoms with Gasteiger partial charge in [-0.15, -0.1) is 0 Å². The SMILES string of the molecule is C[S+](c1ccccc1)c1ccccc1.O=S(=O)([O-])C(F)(F)F. The Balaban J connectivity index is 0.000000261. The van der Waals surface area contributed by atoms with Gasteiger partial charge < -0.3 is 4.55 Å². The van der Waals surface area contributed by atoms with Gasteiger partial charge in [-0.25, -0.2) is 8.42 Å². The molecule has 0 fully saturated rings. The monoisotopic (exact) mass is 350 g/mol. The second kappa shape index (κ2) is 7.66. The molecule has 0 saturated carbocycles. The normalized spacial score (nSPS) is 11.7. The van der Waals surface area contributed by atoms with Crippen LogP contribution in [0.3, 0.4) is 0 Å². The molecule has 0 N–H and O–H groups in total. The van der Waals surface area contributed by atoms with Gasteiger partial charge in [-0.3, -0.25) is 0 Å². The van der Waals surface area contributed by atoms with E-state index >= 15 is 0 Å². The predicted molar refractivity (Wildman–Crippen MR) is 78.5 cm³/mol. The third-order valence-corrected chi connectivity index (χ3v) is 5.00. The molecule has 0 amide bonds. The van der Waals surface area contributed by atoms with Crippen LogP contribution in [0.2, 0.25) is 0 Å². The lowest BCUT2D eigenvalue weighted by Crippen LogP contribution is -2.21. The molecular weight excluding hydrogens is 337 g/mol. The molecule has 0 heterocycles. The van der Waals surface area contributed by atoms with Crippen LogP contribution in [0, 0.1) is 0 Å². The van der Waals surface area contributed by atoms with Crippen LogP contribution in [0.5, 0.6) is 0 Å². The molecule has 0 unspecified atom stereocenters. The van der Waals surface area contributed by atoms with Gasteiger partial charge in [0, 0.05) is 0 Å². The first-order valence-corrected chi connectivity index (χ1v) is 8.95. The predicted octanol–water partition coefficient (Wildman–Crippen LogP) is 3.40. The number of hydrogen-bond acceptors (Lipinski definition) is 3. The van der Waals surface area contributed by atoms with Crippen molar-refractivity contribution in [3.8, 4) is 0 Å². The van der Waals surface area contributed by atoms with Crippen molar-refractivity contribution in [3.05, 3.63) is 60.7 Å². The van der Waals surface area contributed by atoms with Crippen molar-refractivity contribution >= 4 is 21.0 Å². The number of benzene rings is 2. The van der Waals surface area contributed by atoms with Crippen molar-refractivity contribution in [3.63, 3.8) is 0 Å². The highest BCUT2D eigenvalue weighted by Gasteiger charge is 2.36. The van der Waals surface area contributed by atoms with Gasteiger partial charge in [-0.05, 0) is 24.3 Å². The van der Waals surface area contributed by atoms with E-state index in [0.29, 0.717) is 0 Å². The van der Waals surface area contributed by atoms with Crippen molar-refractivity contribution in [2.45, 2.75) is 15.3 Å². The summed E-state index contributed by atoms with van der Waals surface area (Å²) in [6.07, 6.45) is 2.27. The summed E-state index contributed by atoms with van der Waals surface area (Å²) in [5, 5.41) is 0.